The minimum absolute atomic E-state index is 0.267. The summed E-state index contributed by atoms with van der Waals surface area (Å²) in [5.41, 5.74) is 3.29. The Bertz CT molecular complexity index is 859. The molecule has 5 heteroatoms. The summed E-state index contributed by atoms with van der Waals surface area (Å²) in [6, 6.07) is 7.06. The Kier molecular flexibility index (Phi) is 6.23. The Morgan fingerprint density at radius 3 is 2.61 bits per heavy atom. The van der Waals surface area contributed by atoms with E-state index in [0.717, 1.165) is 17.7 Å². The van der Waals surface area contributed by atoms with Gasteiger partial charge in [0.25, 0.3) is 0 Å². The predicted molar refractivity (Wildman–Crippen MR) is 109 cm³/mol. The van der Waals surface area contributed by atoms with E-state index in [2.05, 4.69) is 19.2 Å². The zero-order valence-corrected chi connectivity index (χ0v) is 17.3. The number of carbonyl (C=O) groups is 1. The number of nitrogens with zero attached hydrogens (tertiary/aromatic N) is 1. The molecule has 4 nitrogen and oxygen atoms in total. The smallest absolute Gasteiger partial charge is 0.337 e. The number of nitrogens with one attached hydrogen (secondary N) is 1. The van der Waals surface area contributed by atoms with Crippen LogP contribution in [0.2, 0.25) is 0 Å². The van der Waals surface area contributed by atoms with E-state index in [0.29, 0.717) is 47.8 Å². The van der Waals surface area contributed by atoms with Gasteiger partial charge in [-0.25, -0.2) is 9.18 Å². The summed E-state index contributed by atoms with van der Waals surface area (Å²) < 4.78 is 16.1. The van der Waals surface area contributed by atoms with Gasteiger partial charge < -0.3 is 15.0 Å². The maximum Gasteiger partial charge on any atom is 0.337 e. The molecule has 152 valence electrons. The Labute approximate surface area is 166 Å². The quantitative estimate of drug-likeness (QED) is 0.742. The third-order valence-corrected chi connectivity index (χ3v) is 6.66. The second kappa shape index (κ2) is 8.48. The number of carboxylic acids is 1. The van der Waals surface area contributed by atoms with Crippen LogP contribution in [-0.2, 0) is 13.1 Å². The SMILES string of the molecule is Cc1c(CN[C@@H]2CCC[C@H](C)[C@H]2C)c(C(=O)O)c(C)n1Cc1ccccc1F. The summed E-state index contributed by atoms with van der Waals surface area (Å²) in [7, 11) is 0. The molecule has 3 atom stereocenters. The molecule has 0 aliphatic heterocycles. The van der Waals surface area contributed by atoms with Gasteiger partial charge in [-0.2, -0.15) is 0 Å². The average molecular weight is 387 g/mol. The molecule has 0 unspecified atom stereocenters. The van der Waals surface area contributed by atoms with E-state index >= 15 is 0 Å². The topological polar surface area (TPSA) is 54.3 Å². The molecule has 1 aliphatic rings. The van der Waals surface area contributed by atoms with Gasteiger partial charge in [0.2, 0.25) is 0 Å². The van der Waals surface area contributed by atoms with Crippen LogP contribution < -0.4 is 5.32 Å². The molecule has 1 saturated carbocycles. The lowest BCUT2D eigenvalue weighted by Gasteiger charge is -2.34. The van der Waals surface area contributed by atoms with Gasteiger partial charge in [-0.3, -0.25) is 0 Å². The van der Waals surface area contributed by atoms with E-state index in [-0.39, 0.29) is 5.82 Å². The fourth-order valence-corrected chi connectivity index (χ4v) is 4.59. The zero-order valence-electron chi connectivity index (χ0n) is 17.3. The minimum atomic E-state index is -0.922. The number of hydrogen-bond donors (Lipinski definition) is 2. The number of carboxylic acid groups (broad SMARTS) is 1. The molecule has 0 spiro atoms. The van der Waals surface area contributed by atoms with E-state index in [1.807, 2.05) is 18.4 Å². The summed E-state index contributed by atoms with van der Waals surface area (Å²) in [4.78, 5) is 12.0. The van der Waals surface area contributed by atoms with Crippen LogP contribution in [0, 0.1) is 31.5 Å². The van der Waals surface area contributed by atoms with Gasteiger partial charge >= 0.3 is 5.97 Å². The molecule has 28 heavy (non-hydrogen) atoms. The van der Waals surface area contributed by atoms with Gasteiger partial charge in [0.1, 0.15) is 5.82 Å². The Hall–Kier alpha value is -2.14. The van der Waals surface area contributed by atoms with Crippen molar-refractivity contribution in [2.45, 2.75) is 66.1 Å². The van der Waals surface area contributed by atoms with Crippen LogP contribution in [0.4, 0.5) is 4.39 Å². The molecule has 0 amide bonds. The number of aromatic nitrogens is 1. The highest BCUT2D eigenvalue weighted by Gasteiger charge is 2.28. The minimum Gasteiger partial charge on any atom is -0.478 e. The molecule has 1 fully saturated rings. The van der Waals surface area contributed by atoms with Gasteiger partial charge in [0.15, 0.2) is 0 Å². The molecular formula is C23H31FN2O2. The van der Waals surface area contributed by atoms with Crippen molar-refractivity contribution in [3.63, 3.8) is 0 Å². The van der Waals surface area contributed by atoms with Crippen molar-refractivity contribution in [1.82, 2.24) is 9.88 Å². The van der Waals surface area contributed by atoms with Crippen molar-refractivity contribution >= 4 is 5.97 Å². The summed E-state index contributed by atoms with van der Waals surface area (Å²) in [6.07, 6.45) is 3.60. The first kappa shape index (κ1) is 20.6. The molecule has 0 bridgehead atoms. The molecule has 1 heterocycles. The van der Waals surface area contributed by atoms with Crippen molar-refractivity contribution < 1.29 is 14.3 Å². The zero-order chi connectivity index (χ0) is 20.4. The maximum absolute atomic E-state index is 14.1. The predicted octanol–water partition coefficient (Wildman–Crippen LogP) is 4.90. The maximum atomic E-state index is 14.1. The highest BCUT2D eigenvalue weighted by atomic mass is 19.1. The van der Waals surface area contributed by atoms with E-state index in [1.54, 1.807) is 18.2 Å². The Balaban J connectivity index is 1.88. The van der Waals surface area contributed by atoms with Gasteiger partial charge in [-0.05, 0) is 38.2 Å². The Morgan fingerprint density at radius 1 is 1.21 bits per heavy atom. The molecular weight excluding hydrogens is 355 g/mol. The highest BCUT2D eigenvalue weighted by Crippen LogP contribution is 2.30. The van der Waals surface area contributed by atoms with E-state index < -0.39 is 5.97 Å². The first-order valence-electron chi connectivity index (χ1n) is 10.2. The Morgan fingerprint density at radius 2 is 1.93 bits per heavy atom. The molecule has 3 rings (SSSR count). The molecule has 2 aromatic rings. The summed E-state index contributed by atoms with van der Waals surface area (Å²) in [6.45, 7) is 9.18. The second-order valence-corrected chi connectivity index (χ2v) is 8.26. The summed E-state index contributed by atoms with van der Waals surface area (Å²) in [5, 5.41) is 13.4. The lowest BCUT2D eigenvalue weighted by Crippen LogP contribution is -2.40. The number of rotatable bonds is 6. The van der Waals surface area contributed by atoms with Crippen molar-refractivity contribution in [2.75, 3.05) is 0 Å². The van der Waals surface area contributed by atoms with Gasteiger partial charge in [-0.1, -0.05) is 44.9 Å². The lowest BCUT2D eigenvalue weighted by atomic mass is 9.78. The van der Waals surface area contributed by atoms with Crippen LogP contribution >= 0.6 is 0 Å². The van der Waals surface area contributed by atoms with Gasteiger partial charge in [0.05, 0.1) is 12.1 Å². The van der Waals surface area contributed by atoms with Crippen LogP contribution in [0.25, 0.3) is 0 Å². The van der Waals surface area contributed by atoms with Crippen molar-refractivity contribution in [3.8, 4) is 0 Å². The van der Waals surface area contributed by atoms with Crippen LogP contribution in [0.1, 0.15) is 66.0 Å². The number of hydrogen-bond acceptors (Lipinski definition) is 2. The van der Waals surface area contributed by atoms with Crippen molar-refractivity contribution in [3.05, 3.63) is 58.2 Å². The number of benzene rings is 1. The van der Waals surface area contributed by atoms with Crippen LogP contribution in [0.3, 0.4) is 0 Å². The molecule has 2 N–H and O–H groups in total. The van der Waals surface area contributed by atoms with Crippen LogP contribution in [0.15, 0.2) is 24.3 Å². The van der Waals surface area contributed by atoms with Crippen molar-refractivity contribution in [1.29, 1.82) is 0 Å². The lowest BCUT2D eigenvalue weighted by molar-refractivity contribution is 0.0694. The fraction of sp³-hybridized carbons (Fsp3) is 0.522. The van der Waals surface area contributed by atoms with Crippen LogP contribution in [-0.4, -0.2) is 21.7 Å². The van der Waals surface area contributed by atoms with Crippen molar-refractivity contribution in [2.24, 2.45) is 11.8 Å². The highest BCUT2D eigenvalue weighted by molar-refractivity contribution is 5.91. The number of aromatic carboxylic acids is 1. The van der Waals surface area contributed by atoms with Crippen LogP contribution in [0.5, 0.6) is 0 Å². The van der Waals surface area contributed by atoms with Gasteiger partial charge in [0, 0.05) is 35.1 Å². The van der Waals surface area contributed by atoms with Gasteiger partial charge in [-0.15, -0.1) is 0 Å². The standard InChI is InChI=1S/C23H31FN2O2/c1-14-8-7-11-21(15(14)2)25-12-19-16(3)26(17(4)22(19)23(27)28)13-18-9-5-6-10-20(18)24/h5-6,9-10,14-15,21,25H,7-8,11-13H2,1-4H3,(H,27,28)/t14-,15+,21+/m0/s1. The van der Waals surface area contributed by atoms with E-state index in [9.17, 15) is 14.3 Å². The first-order chi connectivity index (χ1) is 13.3. The normalized spacial score (nSPS) is 22.4. The summed E-state index contributed by atoms with van der Waals surface area (Å²) in [5.74, 6) is 0.0638. The molecule has 0 saturated heterocycles. The third kappa shape index (κ3) is 4.00. The fourth-order valence-electron chi connectivity index (χ4n) is 4.59. The van der Waals surface area contributed by atoms with E-state index in [4.69, 9.17) is 0 Å². The molecule has 1 aromatic heterocycles. The average Bonchev–Trinajstić information content (AvgIpc) is 2.89. The molecule has 1 aromatic carbocycles. The monoisotopic (exact) mass is 386 g/mol. The summed E-state index contributed by atoms with van der Waals surface area (Å²) >= 11 is 0. The largest absolute Gasteiger partial charge is 0.478 e. The first-order valence-corrected chi connectivity index (χ1v) is 10.2. The molecule has 1 aliphatic carbocycles. The third-order valence-electron chi connectivity index (χ3n) is 6.66. The molecule has 0 radical (unpaired) electrons. The number of halogens is 1. The second-order valence-electron chi connectivity index (χ2n) is 8.26. The van der Waals surface area contributed by atoms with E-state index in [1.165, 1.54) is 18.9 Å².